The van der Waals surface area contributed by atoms with Crippen molar-refractivity contribution in [3.8, 4) is 11.1 Å². The Kier molecular flexibility index (Phi) is 13.7. The number of ketones is 1. The van der Waals surface area contributed by atoms with Crippen molar-refractivity contribution in [2.75, 3.05) is 0 Å². The molecule has 0 bridgehead atoms. The van der Waals surface area contributed by atoms with Crippen molar-refractivity contribution in [1.29, 1.82) is 0 Å². The van der Waals surface area contributed by atoms with Gasteiger partial charge in [-0.3, -0.25) is 4.79 Å². The van der Waals surface area contributed by atoms with Crippen LogP contribution in [0.2, 0.25) is 0 Å². The Balaban J connectivity index is 0.000000279. The summed E-state index contributed by atoms with van der Waals surface area (Å²) in [6, 6.07) is 21.9. The highest BCUT2D eigenvalue weighted by Crippen LogP contribution is 2.31. The lowest BCUT2D eigenvalue weighted by atomic mass is 9.12. The van der Waals surface area contributed by atoms with Crippen LogP contribution >= 0.6 is 0 Å². The molecule has 0 amide bonds. The molecule has 23 heteroatoms. The molecule has 0 N–H and O–H groups in total. The number of Topliss-reactive ketones (excluding diaryl/α,β-unsaturated/α-hetero) is 1. The van der Waals surface area contributed by atoms with E-state index in [-0.39, 0.29) is 5.78 Å². The van der Waals surface area contributed by atoms with E-state index in [1.54, 1.807) is 0 Å². The van der Waals surface area contributed by atoms with E-state index in [2.05, 4.69) is 31.2 Å². The summed E-state index contributed by atoms with van der Waals surface area (Å²) < 4.78 is 296. The lowest BCUT2D eigenvalue weighted by molar-refractivity contribution is -0.683. The fourth-order valence-electron chi connectivity index (χ4n) is 7.34. The smallest absolute Gasteiger partial charge is 0.227 e. The largest absolute Gasteiger partial charge is 0.287 e. The molecule has 0 unspecified atom stereocenters. The van der Waals surface area contributed by atoms with Gasteiger partial charge >= 0.3 is 0 Å². The molecule has 0 aliphatic heterocycles. The number of benzene rings is 6. The van der Waals surface area contributed by atoms with E-state index in [9.17, 15) is 57.5 Å². The molecule has 0 fully saturated rings. The lowest BCUT2D eigenvalue weighted by Gasteiger charge is -2.44. The normalized spacial score (nSPS) is 11.5. The molecule has 7 aromatic rings. The molecule has 2 nitrogen and oxygen atoms in total. The van der Waals surface area contributed by atoms with E-state index in [0.29, 0.717) is 6.54 Å². The summed E-state index contributed by atoms with van der Waals surface area (Å²) in [5, 5.41) is 0. The van der Waals surface area contributed by atoms with Crippen molar-refractivity contribution in [3.05, 3.63) is 207 Å². The van der Waals surface area contributed by atoms with Crippen molar-refractivity contribution >= 4 is 33.8 Å². The van der Waals surface area contributed by atoms with E-state index >= 15 is 35.1 Å². The molecule has 0 aliphatic rings. The standard InChI is InChI=1S/C24BF20.C20H18NO/c26-5-1(6(27)14(35)21(42)13(5)34)25(2-7(28)15(36)22(43)16(37)8(2)29,3-9(30)17(38)23(44)18(39)10(3)31)4-11(32)19(40)24(45)20(41)12(4)33;1-16-6-5-9-19(14-16)17-10-12-21(13-11-17)15-20(22)18-7-3-2-4-8-18/h;2-14H,15H2,1H3/q-1;+1. The highest BCUT2D eigenvalue weighted by Gasteiger charge is 2.52. The first kappa shape index (κ1) is 49.2. The minimum atomic E-state index is -7.22. The van der Waals surface area contributed by atoms with Gasteiger partial charge in [-0.15, -0.1) is 21.9 Å². The van der Waals surface area contributed by atoms with E-state index in [0.717, 1.165) is 11.1 Å². The molecular weight excluding hydrogens is 949 g/mol. The van der Waals surface area contributed by atoms with Crippen LogP contribution < -0.4 is 26.4 Å². The number of hydrogen-bond donors (Lipinski definition) is 0. The number of hydrogen-bond acceptors (Lipinski definition) is 1. The van der Waals surface area contributed by atoms with Gasteiger partial charge in [-0.2, -0.15) is 4.57 Å². The van der Waals surface area contributed by atoms with Crippen molar-refractivity contribution in [3.63, 3.8) is 0 Å². The zero-order chi connectivity index (χ0) is 49.7. The van der Waals surface area contributed by atoms with E-state index in [4.69, 9.17) is 0 Å². The van der Waals surface area contributed by atoms with Gasteiger partial charge in [0.25, 0.3) is 0 Å². The number of carbonyl (C=O) groups is 1. The van der Waals surface area contributed by atoms with E-state index in [1.165, 1.54) is 11.1 Å². The Hall–Kier alpha value is -7.20. The highest BCUT2D eigenvalue weighted by atomic mass is 19.2. The molecule has 1 heterocycles. The Morgan fingerprint density at radius 2 is 0.672 bits per heavy atom. The maximum Gasteiger partial charge on any atom is 0.227 e. The molecule has 0 spiro atoms. The summed E-state index contributed by atoms with van der Waals surface area (Å²) >= 11 is 0. The lowest BCUT2D eigenvalue weighted by Crippen LogP contribution is -2.81. The number of carbonyl (C=O) groups excluding carboxylic acids is 1. The van der Waals surface area contributed by atoms with E-state index < -0.39 is 144 Å². The van der Waals surface area contributed by atoms with Gasteiger partial charge in [-0.25, -0.2) is 87.8 Å². The number of halogens is 20. The van der Waals surface area contributed by atoms with Gasteiger partial charge in [0.05, 0.1) is 0 Å². The number of aromatic nitrogens is 1. The average Bonchev–Trinajstić information content (AvgIpc) is 3.32. The van der Waals surface area contributed by atoms with Crippen molar-refractivity contribution in [1.82, 2.24) is 0 Å². The third-order valence-corrected chi connectivity index (χ3v) is 10.4. The molecule has 0 saturated carbocycles. The summed E-state index contributed by atoms with van der Waals surface area (Å²) in [6.45, 7) is 2.45. The van der Waals surface area contributed by atoms with Crippen LogP contribution in [0.5, 0.6) is 0 Å². The number of nitrogens with zero attached hydrogens (tertiary/aromatic N) is 1. The second-order valence-corrected chi connectivity index (χ2v) is 14.2. The quantitative estimate of drug-likeness (QED) is 0.0372. The maximum absolute atomic E-state index is 15.4. The molecular formula is C44H18BF20NO. The monoisotopic (exact) mass is 967 g/mol. The maximum atomic E-state index is 15.4. The number of rotatable bonds is 8. The van der Waals surface area contributed by atoms with Crippen LogP contribution in [0.1, 0.15) is 15.9 Å². The van der Waals surface area contributed by atoms with Crippen LogP contribution in [0.4, 0.5) is 87.8 Å². The zero-order valence-corrected chi connectivity index (χ0v) is 32.7. The summed E-state index contributed by atoms with van der Waals surface area (Å²) in [6.07, 6.45) is -3.30. The first-order valence-electron chi connectivity index (χ1n) is 18.3. The second kappa shape index (κ2) is 18.6. The van der Waals surface area contributed by atoms with Gasteiger partial charge in [0.1, 0.15) is 52.7 Å². The molecule has 0 saturated heterocycles. The van der Waals surface area contributed by atoms with Crippen LogP contribution in [0.15, 0.2) is 79.1 Å². The van der Waals surface area contributed by atoms with Crippen LogP contribution in [0.25, 0.3) is 11.1 Å². The second-order valence-electron chi connectivity index (χ2n) is 14.2. The van der Waals surface area contributed by atoms with Crippen LogP contribution in [-0.2, 0) is 6.54 Å². The molecule has 0 radical (unpaired) electrons. The molecule has 6 aromatic carbocycles. The van der Waals surface area contributed by atoms with Gasteiger partial charge in [-0.05, 0) is 18.1 Å². The highest BCUT2D eigenvalue weighted by molar-refractivity contribution is 7.20. The zero-order valence-electron chi connectivity index (χ0n) is 32.7. The summed E-state index contributed by atoms with van der Waals surface area (Å²) in [7, 11) is 0. The van der Waals surface area contributed by atoms with Crippen LogP contribution in [0.3, 0.4) is 0 Å². The molecule has 67 heavy (non-hydrogen) atoms. The van der Waals surface area contributed by atoms with Gasteiger partial charge in [0.2, 0.25) is 12.3 Å². The van der Waals surface area contributed by atoms with Crippen molar-refractivity contribution in [2.24, 2.45) is 0 Å². The Bertz CT molecular complexity index is 2750. The SMILES string of the molecule is Cc1cccc(-c2cc[n+](CC(=O)c3ccccc3)cc2)c1.Fc1c(F)c(F)c([B-](c2c(F)c(F)c(F)c(F)c2F)(c2c(F)c(F)c(F)c(F)c2F)c2c(F)c(F)c(F)c(F)c2F)c(F)c1F. The summed E-state index contributed by atoms with van der Waals surface area (Å²) in [4.78, 5) is 12.2. The molecule has 348 valence electrons. The van der Waals surface area contributed by atoms with Gasteiger partial charge in [-0.1, -0.05) is 60.2 Å². The topological polar surface area (TPSA) is 20.9 Å². The first-order valence-corrected chi connectivity index (χ1v) is 18.3. The van der Waals surface area contributed by atoms with Gasteiger partial charge in [0, 0.05) is 17.7 Å². The number of pyridine rings is 1. The Morgan fingerprint density at radius 3 is 0.970 bits per heavy atom. The Labute approximate surface area is 361 Å². The molecule has 1 aromatic heterocycles. The minimum Gasteiger partial charge on any atom is -0.287 e. The van der Waals surface area contributed by atoms with Crippen molar-refractivity contribution < 1.29 is 97.2 Å². The summed E-state index contributed by atoms with van der Waals surface area (Å²) in [5.74, 6) is -71.3. The van der Waals surface area contributed by atoms with Gasteiger partial charge < -0.3 is 0 Å². The Morgan fingerprint density at radius 1 is 0.373 bits per heavy atom. The van der Waals surface area contributed by atoms with Gasteiger partial charge in [0.15, 0.2) is 82.2 Å². The predicted molar refractivity (Wildman–Crippen MR) is 197 cm³/mol. The van der Waals surface area contributed by atoms with Crippen LogP contribution in [0, 0.1) is 123 Å². The number of aryl methyl sites for hydroxylation is 1. The molecule has 0 atom stereocenters. The van der Waals surface area contributed by atoms with Crippen LogP contribution in [-0.4, -0.2) is 11.9 Å². The third-order valence-electron chi connectivity index (χ3n) is 10.4. The molecule has 7 rings (SSSR count). The third kappa shape index (κ3) is 8.13. The summed E-state index contributed by atoms with van der Waals surface area (Å²) in [5.41, 5.74) is -9.98. The van der Waals surface area contributed by atoms with E-state index in [1.807, 2.05) is 59.4 Å². The average molecular weight is 967 g/mol. The van der Waals surface area contributed by atoms with Crippen molar-refractivity contribution in [2.45, 2.75) is 13.5 Å². The fourth-order valence-corrected chi connectivity index (χ4v) is 7.34. The first-order chi connectivity index (χ1) is 31.4. The minimum absolute atomic E-state index is 0.119. The predicted octanol–water partition coefficient (Wildman–Crippen LogP) is 9.68. The fraction of sp³-hybridized carbons (Fsp3) is 0.0455. The molecule has 0 aliphatic carbocycles.